The molecule has 1 N–H and O–H groups in total. The van der Waals surface area contributed by atoms with Crippen LogP contribution in [0.4, 0.5) is 0 Å². The fourth-order valence-electron chi connectivity index (χ4n) is 3.50. The van der Waals surface area contributed by atoms with Gasteiger partial charge in [0.2, 0.25) is 0 Å². The Labute approximate surface area is 168 Å². The molecule has 2 nitrogen and oxygen atoms in total. The molecule has 28 heavy (non-hydrogen) atoms. The van der Waals surface area contributed by atoms with E-state index in [-0.39, 0.29) is 0 Å². The van der Waals surface area contributed by atoms with Gasteiger partial charge in [0.1, 0.15) is 28.5 Å². The lowest BCUT2D eigenvalue weighted by molar-refractivity contribution is 0.524. The molecule has 0 spiro atoms. The first kappa shape index (κ1) is 20.1. The summed E-state index contributed by atoms with van der Waals surface area (Å²) in [4.78, 5) is 6.99. The lowest BCUT2D eigenvalue weighted by Crippen LogP contribution is -2.38. The first-order valence-corrected chi connectivity index (χ1v) is 11.5. The standard InChI is InChI=1S/C24H20P.HO2P/c1-5-13-21(14-6-1)25(22-15-7-2-8-16-22,23-17-9-3-10-18-23)24-19-11-4-12-20-24;1-3-2/h1-20H;(H,1,2)/q+1;. The average molecular weight is 403 g/mol. The molecule has 0 saturated heterocycles. The highest BCUT2D eigenvalue weighted by atomic mass is 31.2. The normalized spacial score (nSPS) is 10.8. The molecular weight excluding hydrogens is 382 g/mol. The minimum Gasteiger partial charge on any atom is -0.310 e. The third kappa shape index (κ3) is 4.11. The van der Waals surface area contributed by atoms with Crippen LogP contribution in [-0.2, 0) is 4.57 Å². The Morgan fingerprint density at radius 1 is 0.464 bits per heavy atom. The molecule has 0 aliphatic rings. The van der Waals surface area contributed by atoms with E-state index < -0.39 is 15.9 Å². The van der Waals surface area contributed by atoms with E-state index in [1.807, 2.05) is 0 Å². The molecule has 4 heteroatoms. The summed E-state index contributed by atoms with van der Waals surface area (Å²) in [7, 11) is -2.74. The molecular formula is C24H21O2P2+. The first-order chi connectivity index (χ1) is 13.8. The van der Waals surface area contributed by atoms with E-state index in [1.54, 1.807) is 0 Å². The zero-order valence-electron chi connectivity index (χ0n) is 15.3. The van der Waals surface area contributed by atoms with E-state index in [9.17, 15) is 0 Å². The van der Waals surface area contributed by atoms with Gasteiger partial charge >= 0.3 is 8.69 Å². The summed E-state index contributed by atoms with van der Waals surface area (Å²) in [5, 5.41) is 5.55. The number of hydrogen-bond donors (Lipinski definition) is 1. The molecule has 0 bridgehead atoms. The van der Waals surface area contributed by atoms with Crippen molar-refractivity contribution in [1.29, 1.82) is 0 Å². The van der Waals surface area contributed by atoms with Gasteiger partial charge in [-0.25, -0.2) is 4.57 Å². The van der Waals surface area contributed by atoms with Crippen molar-refractivity contribution in [2.45, 2.75) is 0 Å². The number of rotatable bonds is 4. The third-order valence-corrected chi connectivity index (χ3v) is 8.86. The molecule has 4 rings (SSSR count). The van der Waals surface area contributed by atoms with E-state index in [1.165, 1.54) is 21.2 Å². The summed E-state index contributed by atoms with van der Waals surface area (Å²) in [6.07, 6.45) is 0. The van der Waals surface area contributed by atoms with Crippen molar-refractivity contribution in [1.82, 2.24) is 0 Å². The molecule has 0 heterocycles. The predicted octanol–water partition coefficient (Wildman–Crippen LogP) is 4.49. The predicted molar refractivity (Wildman–Crippen MR) is 121 cm³/mol. The monoisotopic (exact) mass is 403 g/mol. The van der Waals surface area contributed by atoms with Gasteiger partial charge < -0.3 is 4.89 Å². The van der Waals surface area contributed by atoms with Crippen LogP contribution >= 0.6 is 15.9 Å². The van der Waals surface area contributed by atoms with Gasteiger partial charge in [-0.3, -0.25) is 0 Å². The largest absolute Gasteiger partial charge is 0.324 e. The summed E-state index contributed by atoms with van der Waals surface area (Å²) in [5.41, 5.74) is 0. The Balaban J connectivity index is 0.000000706. The van der Waals surface area contributed by atoms with Gasteiger partial charge in [0.15, 0.2) is 0 Å². The summed E-state index contributed by atoms with van der Waals surface area (Å²) in [5.74, 6) is 0. The van der Waals surface area contributed by atoms with Crippen LogP contribution in [0.5, 0.6) is 0 Å². The minimum absolute atomic E-state index is 0.833. The van der Waals surface area contributed by atoms with Crippen LogP contribution < -0.4 is 21.2 Å². The maximum Gasteiger partial charge on any atom is 0.324 e. The fraction of sp³-hybridized carbons (Fsp3) is 0. The van der Waals surface area contributed by atoms with Crippen LogP contribution in [0.25, 0.3) is 0 Å². The number of benzene rings is 4. The van der Waals surface area contributed by atoms with E-state index in [0.717, 1.165) is 0 Å². The van der Waals surface area contributed by atoms with Crippen LogP contribution in [0.1, 0.15) is 0 Å². The van der Waals surface area contributed by atoms with Crippen LogP contribution in [0.15, 0.2) is 121 Å². The molecule has 0 aromatic heterocycles. The van der Waals surface area contributed by atoms with Crippen molar-refractivity contribution in [2.75, 3.05) is 0 Å². The van der Waals surface area contributed by atoms with Crippen LogP contribution in [-0.4, -0.2) is 4.89 Å². The molecule has 0 saturated carbocycles. The van der Waals surface area contributed by atoms with Gasteiger partial charge in [-0.1, -0.05) is 72.8 Å². The summed E-state index contributed by atoms with van der Waals surface area (Å²) in [6, 6.07) is 43.8. The molecule has 0 unspecified atom stereocenters. The van der Waals surface area contributed by atoms with E-state index in [0.29, 0.717) is 0 Å². The Hall–Kier alpha value is -2.63. The molecule has 138 valence electrons. The van der Waals surface area contributed by atoms with Gasteiger partial charge in [0, 0.05) is 0 Å². The third-order valence-electron chi connectivity index (χ3n) is 4.57. The minimum atomic E-state index is -1.91. The Bertz CT molecular complexity index is 813. The highest BCUT2D eigenvalue weighted by Crippen LogP contribution is 2.53. The van der Waals surface area contributed by atoms with Gasteiger partial charge in [0.25, 0.3) is 0 Å². The molecule has 0 fully saturated rings. The Morgan fingerprint density at radius 3 is 0.821 bits per heavy atom. The van der Waals surface area contributed by atoms with Gasteiger partial charge in [-0.05, 0) is 48.5 Å². The number of hydrogen-bond acceptors (Lipinski definition) is 1. The smallest absolute Gasteiger partial charge is 0.310 e. The molecule has 0 aliphatic heterocycles. The van der Waals surface area contributed by atoms with Crippen molar-refractivity contribution in [2.24, 2.45) is 0 Å². The molecule has 0 aliphatic carbocycles. The molecule has 4 aromatic carbocycles. The lowest BCUT2D eigenvalue weighted by atomic mass is 10.3. The quantitative estimate of drug-likeness (QED) is 0.510. The van der Waals surface area contributed by atoms with Crippen molar-refractivity contribution < 1.29 is 9.46 Å². The molecule has 0 radical (unpaired) electrons. The maximum absolute atomic E-state index is 8.46. The Kier molecular flexibility index (Phi) is 7.23. The summed E-state index contributed by atoms with van der Waals surface area (Å²) < 4.78 is 8.46. The van der Waals surface area contributed by atoms with Crippen LogP contribution in [0.2, 0.25) is 0 Å². The van der Waals surface area contributed by atoms with Gasteiger partial charge in [0.05, 0.1) is 0 Å². The van der Waals surface area contributed by atoms with E-state index in [4.69, 9.17) is 9.46 Å². The average Bonchev–Trinajstić information content (AvgIpc) is 2.78. The second kappa shape index (κ2) is 10.1. The molecule has 0 atom stereocenters. The van der Waals surface area contributed by atoms with Gasteiger partial charge in [-0.2, -0.15) is 0 Å². The first-order valence-electron chi connectivity index (χ1n) is 8.92. The highest BCUT2D eigenvalue weighted by molar-refractivity contribution is 8.01. The molecule has 0 amide bonds. The SMILES string of the molecule is O=PO.c1ccc([P+](c2ccccc2)(c2ccccc2)c2ccccc2)cc1. The Morgan fingerprint density at radius 2 is 0.643 bits per heavy atom. The summed E-state index contributed by atoms with van der Waals surface area (Å²) in [6.45, 7) is 0. The summed E-state index contributed by atoms with van der Waals surface area (Å²) >= 11 is 0. The van der Waals surface area contributed by atoms with Gasteiger partial charge in [-0.15, -0.1) is 0 Å². The van der Waals surface area contributed by atoms with Crippen molar-refractivity contribution >= 4 is 37.2 Å². The fourth-order valence-corrected chi connectivity index (χ4v) is 7.77. The van der Waals surface area contributed by atoms with Crippen molar-refractivity contribution in [3.8, 4) is 0 Å². The zero-order chi connectivity index (χ0) is 19.7. The lowest BCUT2D eigenvalue weighted by Gasteiger charge is -2.27. The van der Waals surface area contributed by atoms with Crippen LogP contribution in [0, 0.1) is 0 Å². The second-order valence-corrected chi connectivity index (χ2v) is 9.67. The molecule has 4 aromatic rings. The topological polar surface area (TPSA) is 37.3 Å². The van der Waals surface area contributed by atoms with E-state index in [2.05, 4.69) is 121 Å². The van der Waals surface area contributed by atoms with E-state index >= 15 is 0 Å². The van der Waals surface area contributed by atoms with Crippen molar-refractivity contribution in [3.05, 3.63) is 121 Å². The maximum atomic E-state index is 8.46. The zero-order valence-corrected chi connectivity index (χ0v) is 17.1. The highest BCUT2D eigenvalue weighted by Gasteiger charge is 2.47. The second-order valence-electron chi connectivity index (χ2n) is 6.09. The van der Waals surface area contributed by atoms with Crippen molar-refractivity contribution in [3.63, 3.8) is 0 Å². The van der Waals surface area contributed by atoms with Crippen LogP contribution in [0.3, 0.4) is 0 Å².